The van der Waals surface area contributed by atoms with Gasteiger partial charge in [-0.05, 0) is 44.2 Å². The Morgan fingerprint density at radius 2 is 1.84 bits per heavy atom. The van der Waals surface area contributed by atoms with Crippen molar-refractivity contribution < 1.29 is 9.53 Å². The molecule has 1 N–H and O–H groups in total. The second kappa shape index (κ2) is 5.48. The average molecular weight is 257 g/mol. The molecular weight excluding hydrogens is 242 g/mol. The summed E-state index contributed by atoms with van der Waals surface area (Å²) >= 11 is 0. The molecule has 1 amide bonds. The maximum Gasteiger partial charge on any atom is 0.257 e. The van der Waals surface area contributed by atoms with Gasteiger partial charge < -0.3 is 10.1 Å². The van der Waals surface area contributed by atoms with Gasteiger partial charge in [0.15, 0.2) is 0 Å². The standard InChI is InChI=1S/C14H15N3O2/c1-9-8-13(10(2)17-16-9)14(18)15-11-4-6-12(19-3)7-5-11/h4-8H,1-3H3,(H,15,18). The summed E-state index contributed by atoms with van der Waals surface area (Å²) in [6.45, 7) is 3.56. The molecule has 0 bridgehead atoms. The number of hydrogen-bond acceptors (Lipinski definition) is 4. The first-order chi connectivity index (χ1) is 9.10. The fourth-order valence-corrected chi connectivity index (χ4v) is 1.65. The van der Waals surface area contributed by atoms with Crippen molar-refractivity contribution in [2.75, 3.05) is 12.4 Å². The van der Waals surface area contributed by atoms with Gasteiger partial charge in [0.2, 0.25) is 0 Å². The molecule has 2 rings (SSSR count). The molecule has 0 saturated carbocycles. The van der Waals surface area contributed by atoms with Crippen LogP contribution in [-0.2, 0) is 0 Å². The van der Waals surface area contributed by atoms with Crippen LogP contribution in [0.1, 0.15) is 21.7 Å². The van der Waals surface area contributed by atoms with Crippen LogP contribution in [0.15, 0.2) is 30.3 Å². The Morgan fingerprint density at radius 3 is 2.47 bits per heavy atom. The second-order valence-corrected chi connectivity index (χ2v) is 4.17. The Morgan fingerprint density at radius 1 is 1.16 bits per heavy atom. The largest absolute Gasteiger partial charge is 0.497 e. The zero-order valence-electron chi connectivity index (χ0n) is 11.1. The molecule has 5 heteroatoms. The first kappa shape index (κ1) is 13.0. The number of hydrogen-bond donors (Lipinski definition) is 1. The van der Waals surface area contributed by atoms with Gasteiger partial charge in [0.05, 0.1) is 24.1 Å². The lowest BCUT2D eigenvalue weighted by molar-refractivity contribution is 0.102. The predicted molar refractivity (Wildman–Crippen MR) is 72.5 cm³/mol. The lowest BCUT2D eigenvalue weighted by atomic mass is 10.2. The van der Waals surface area contributed by atoms with Crippen molar-refractivity contribution in [1.82, 2.24) is 10.2 Å². The van der Waals surface area contributed by atoms with E-state index in [0.29, 0.717) is 22.6 Å². The van der Waals surface area contributed by atoms with Gasteiger partial charge >= 0.3 is 0 Å². The molecule has 98 valence electrons. The number of anilines is 1. The van der Waals surface area contributed by atoms with Crippen molar-refractivity contribution in [3.05, 3.63) is 47.3 Å². The first-order valence-electron chi connectivity index (χ1n) is 5.86. The van der Waals surface area contributed by atoms with E-state index in [4.69, 9.17) is 4.74 Å². The maximum absolute atomic E-state index is 12.1. The van der Waals surface area contributed by atoms with Crippen LogP contribution in [0, 0.1) is 13.8 Å². The summed E-state index contributed by atoms with van der Waals surface area (Å²) < 4.78 is 5.06. The maximum atomic E-state index is 12.1. The molecule has 0 fully saturated rings. The number of benzene rings is 1. The Balaban J connectivity index is 2.18. The molecule has 1 aromatic carbocycles. The number of aromatic nitrogens is 2. The fraction of sp³-hybridized carbons (Fsp3) is 0.214. The van der Waals surface area contributed by atoms with Crippen molar-refractivity contribution in [3.8, 4) is 5.75 Å². The third-order valence-electron chi connectivity index (χ3n) is 2.69. The quantitative estimate of drug-likeness (QED) is 0.916. The first-order valence-corrected chi connectivity index (χ1v) is 5.86. The van der Waals surface area contributed by atoms with Crippen molar-refractivity contribution >= 4 is 11.6 Å². The van der Waals surface area contributed by atoms with E-state index in [0.717, 1.165) is 5.75 Å². The highest BCUT2D eigenvalue weighted by Crippen LogP contribution is 2.16. The Labute approximate surface area is 111 Å². The van der Waals surface area contributed by atoms with E-state index in [1.165, 1.54) is 0 Å². The fourth-order valence-electron chi connectivity index (χ4n) is 1.65. The Hall–Kier alpha value is -2.43. The summed E-state index contributed by atoms with van der Waals surface area (Å²) in [5.74, 6) is 0.552. The number of rotatable bonds is 3. The van der Waals surface area contributed by atoms with E-state index >= 15 is 0 Å². The molecule has 0 aliphatic carbocycles. The van der Waals surface area contributed by atoms with E-state index in [9.17, 15) is 4.79 Å². The second-order valence-electron chi connectivity index (χ2n) is 4.17. The number of amides is 1. The van der Waals surface area contributed by atoms with Crippen LogP contribution in [-0.4, -0.2) is 23.2 Å². The van der Waals surface area contributed by atoms with Gasteiger partial charge in [-0.25, -0.2) is 0 Å². The minimum atomic E-state index is -0.194. The molecule has 0 spiro atoms. The van der Waals surface area contributed by atoms with Crippen molar-refractivity contribution in [2.45, 2.75) is 13.8 Å². The number of methoxy groups -OCH3 is 1. The van der Waals surface area contributed by atoms with E-state index in [-0.39, 0.29) is 5.91 Å². The Bertz CT molecular complexity index is 594. The van der Waals surface area contributed by atoms with Crippen LogP contribution in [0.3, 0.4) is 0 Å². The van der Waals surface area contributed by atoms with Crippen LogP contribution in [0.25, 0.3) is 0 Å². The lowest BCUT2D eigenvalue weighted by Crippen LogP contribution is -2.15. The summed E-state index contributed by atoms with van der Waals surface area (Å²) in [7, 11) is 1.60. The molecule has 0 radical (unpaired) electrons. The highest BCUT2D eigenvalue weighted by atomic mass is 16.5. The van der Waals surface area contributed by atoms with Crippen molar-refractivity contribution in [3.63, 3.8) is 0 Å². The summed E-state index contributed by atoms with van der Waals surface area (Å²) in [5, 5.41) is 10.7. The lowest BCUT2D eigenvalue weighted by Gasteiger charge is -2.08. The van der Waals surface area contributed by atoms with E-state index in [2.05, 4.69) is 15.5 Å². The minimum Gasteiger partial charge on any atom is -0.497 e. The van der Waals surface area contributed by atoms with Gasteiger partial charge in [0.1, 0.15) is 5.75 Å². The SMILES string of the molecule is COc1ccc(NC(=O)c2cc(C)nnc2C)cc1. The zero-order chi connectivity index (χ0) is 13.8. The van der Waals surface area contributed by atoms with Crippen LogP contribution >= 0.6 is 0 Å². The summed E-state index contributed by atoms with van der Waals surface area (Å²) in [4.78, 5) is 12.1. The topological polar surface area (TPSA) is 64.1 Å². The molecule has 1 heterocycles. The molecular formula is C14H15N3O2. The molecule has 0 aliphatic heterocycles. The van der Waals surface area contributed by atoms with Crippen molar-refractivity contribution in [1.29, 1.82) is 0 Å². The molecule has 1 aromatic heterocycles. The summed E-state index contributed by atoms with van der Waals surface area (Å²) in [6, 6.07) is 8.87. The van der Waals surface area contributed by atoms with E-state index < -0.39 is 0 Å². The van der Waals surface area contributed by atoms with Gasteiger partial charge in [-0.15, -0.1) is 0 Å². The third-order valence-corrected chi connectivity index (χ3v) is 2.69. The predicted octanol–water partition coefficient (Wildman–Crippen LogP) is 2.35. The monoisotopic (exact) mass is 257 g/mol. The van der Waals surface area contributed by atoms with Crippen LogP contribution in [0.2, 0.25) is 0 Å². The highest BCUT2D eigenvalue weighted by Gasteiger charge is 2.11. The zero-order valence-corrected chi connectivity index (χ0v) is 11.1. The number of ether oxygens (including phenoxy) is 1. The molecule has 19 heavy (non-hydrogen) atoms. The van der Waals surface area contributed by atoms with Gasteiger partial charge in [-0.3, -0.25) is 4.79 Å². The highest BCUT2D eigenvalue weighted by molar-refractivity contribution is 6.05. The van der Waals surface area contributed by atoms with E-state index in [1.807, 2.05) is 0 Å². The van der Waals surface area contributed by atoms with Crippen LogP contribution in [0.4, 0.5) is 5.69 Å². The molecule has 5 nitrogen and oxygen atoms in total. The molecule has 0 aliphatic rings. The number of carbonyl (C=O) groups is 1. The molecule has 0 atom stereocenters. The van der Waals surface area contributed by atoms with E-state index in [1.54, 1.807) is 51.3 Å². The van der Waals surface area contributed by atoms with Gasteiger partial charge in [0.25, 0.3) is 5.91 Å². The van der Waals surface area contributed by atoms with Gasteiger partial charge in [-0.2, -0.15) is 10.2 Å². The molecule has 0 unspecified atom stereocenters. The van der Waals surface area contributed by atoms with Crippen molar-refractivity contribution in [2.24, 2.45) is 0 Å². The number of aryl methyl sites for hydroxylation is 2. The van der Waals surface area contributed by atoms with Crippen LogP contribution in [0.5, 0.6) is 5.75 Å². The minimum absolute atomic E-state index is 0.194. The number of nitrogens with zero attached hydrogens (tertiary/aromatic N) is 2. The number of nitrogens with one attached hydrogen (secondary N) is 1. The normalized spacial score (nSPS) is 10.1. The average Bonchev–Trinajstić information content (AvgIpc) is 2.42. The third kappa shape index (κ3) is 3.07. The van der Waals surface area contributed by atoms with Gasteiger partial charge in [0, 0.05) is 5.69 Å². The molecule has 2 aromatic rings. The summed E-state index contributed by atoms with van der Waals surface area (Å²) in [6.07, 6.45) is 0. The molecule has 0 saturated heterocycles. The smallest absolute Gasteiger partial charge is 0.257 e. The van der Waals surface area contributed by atoms with Gasteiger partial charge in [-0.1, -0.05) is 0 Å². The summed E-state index contributed by atoms with van der Waals surface area (Å²) in [5.41, 5.74) is 2.56. The number of carbonyl (C=O) groups excluding carboxylic acids is 1. The Kier molecular flexibility index (Phi) is 3.75. The van der Waals surface area contributed by atoms with Crippen LogP contribution < -0.4 is 10.1 Å².